The fourth-order valence-corrected chi connectivity index (χ4v) is 5.18. The number of nitrogens with zero attached hydrogens (tertiary/aromatic N) is 3. The molecule has 4 aromatic rings. The number of aryl methyl sites for hydroxylation is 1. The van der Waals surface area contributed by atoms with Crippen LogP contribution in [0.1, 0.15) is 55.2 Å². The van der Waals surface area contributed by atoms with Gasteiger partial charge in [-0.15, -0.1) is 0 Å². The van der Waals surface area contributed by atoms with E-state index in [4.69, 9.17) is 15.5 Å². The molecule has 1 aliphatic carbocycles. The van der Waals surface area contributed by atoms with Crippen LogP contribution in [0.3, 0.4) is 0 Å². The molecular formula is C26H26N4O2. The van der Waals surface area contributed by atoms with Crippen molar-refractivity contribution in [3.8, 4) is 17.0 Å². The van der Waals surface area contributed by atoms with E-state index in [0.29, 0.717) is 18.7 Å². The molecule has 162 valence electrons. The lowest BCUT2D eigenvalue weighted by Gasteiger charge is -2.40. The second-order valence-corrected chi connectivity index (χ2v) is 9.33. The summed E-state index contributed by atoms with van der Waals surface area (Å²) in [5, 5.41) is 10.3. The Balaban J connectivity index is 1.41. The summed E-state index contributed by atoms with van der Waals surface area (Å²) in [6.45, 7) is 1.88. The first-order chi connectivity index (χ1) is 15.5. The van der Waals surface area contributed by atoms with Crippen LogP contribution in [0.4, 0.5) is 5.82 Å². The average molecular weight is 427 g/mol. The summed E-state index contributed by atoms with van der Waals surface area (Å²) in [6, 6.07) is 16.7. The lowest BCUT2D eigenvalue weighted by Crippen LogP contribution is -2.40. The number of anilines is 1. The molecule has 0 spiro atoms. The van der Waals surface area contributed by atoms with Crippen molar-refractivity contribution in [2.75, 3.05) is 5.73 Å². The molecule has 6 nitrogen and oxygen atoms in total. The summed E-state index contributed by atoms with van der Waals surface area (Å²) in [4.78, 5) is 9.32. The van der Waals surface area contributed by atoms with Crippen LogP contribution in [0.25, 0.3) is 16.8 Å². The van der Waals surface area contributed by atoms with Crippen LogP contribution in [0.5, 0.6) is 5.75 Å². The SMILES string of the molecule is CC1(O)CC(c2nc(-c3ccc4c(c3)OC(c3ccccc3)CC4)c3c(N)nccn23)C1. The van der Waals surface area contributed by atoms with Gasteiger partial charge in [0.15, 0.2) is 0 Å². The highest BCUT2D eigenvalue weighted by atomic mass is 16.5. The van der Waals surface area contributed by atoms with Gasteiger partial charge in [-0.1, -0.05) is 42.5 Å². The van der Waals surface area contributed by atoms with Gasteiger partial charge in [-0.05, 0) is 49.8 Å². The Morgan fingerprint density at radius 1 is 1.16 bits per heavy atom. The number of ether oxygens (including phenoxy) is 1. The molecule has 6 rings (SSSR count). The van der Waals surface area contributed by atoms with Gasteiger partial charge in [0.1, 0.15) is 34.7 Å². The third-order valence-corrected chi connectivity index (χ3v) is 6.80. The van der Waals surface area contributed by atoms with Crippen molar-refractivity contribution in [2.45, 2.75) is 50.2 Å². The molecule has 0 radical (unpaired) electrons. The number of aliphatic hydroxyl groups is 1. The van der Waals surface area contributed by atoms with Gasteiger partial charge in [-0.2, -0.15) is 0 Å². The van der Waals surface area contributed by atoms with Gasteiger partial charge in [-0.3, -0.25) is 4.40 Å². The smallest absolute Gasteiger partial charge is 0.150 e. The molecule has 3 N–H and O–H groups in total. The molecule has 0 amide bonds. The molecule has 1 fully saturated rings. The van der Waals surface area contributed by atoms with Crippen LogP contribution in [-0.2, 0) is 6.42 Å². The van der Waals surface area contributed by atoms with Crippen molar-refractivity contribution >= 4 is 11.3 Å². The highest BCUT2D eigenvalue weighted by molar-refractivity contribution is 5.86. The first-order valence-corrected chi connectivity index (χ1v) is 11.2. The third kappa shape index (κ3) is 3.14. The van der Waals surface area contributed by atoms with Crippen LogP contribution < -0.4 is 10.5 Å². The molecular weight excluding hydrogens is 400 g/mol. The number of aromatic nitrogens is 3. The fourth-order valence-electron chi connectivity index (χ4n) is 5.18. The van der Waals surface area contributed by atoms with E-state index in [2.05, 4.69) is 47.4 Å². The molecule has 3 heterocycles. The topological polar surface area (TPSA) is 85.7 Å². The van der Waals surface area contributed by atoms with Crippen molar-refractivity contribution in [3.05, 3.63) is 77.9 Å². The minimum atomic E-state index is -0.624. The van der Waals surface area contributed by atoms with E-state index in [0.717, 1.165) is 41.2 Å². The highest BCUT2D eigenvalue weighted by Crippen LogP contribution is 2.46. The normalized spacial score (nSPS) is 24.6. The lowest BCUT2D eigenvalue weighted by atomic mass is 9.72. The summed E-state index contributed by atoms with van der Waals surface area (Å²) >= 11 is 0. The first-order valence-electron chi connectivity index (χ1n) is 11.2. The van der Waals surface area contributed by atoms with Crippen molar-refractivity contribution in [3.63, 3.8) is 0 Å². The number of rotatable bonds is 3. The number of fused-ring (bicyclic) bond motifs is 2. The minimum absolute atomic E-state index is 0.0530. The fraction of sp³-hybridized carbons (Fsp3) is 0.308. The number of nitrogens with two attached hydrogens (primary N) is 1. The van der Waals surface area contributed by atoms with Crippen LogP contribution in [0, 0.1) is 0 Å². The zero-order valence-corrected chi connectivity index (χ0v) is 18.0. The maximum atomic E-state index is 10.3. The molecule has 2 aromatic carbocycles. The van der Waals surface area contributed by atoms with Gasteiger partial charge >= 0.3 is 0 Å². The van der Waals surface area contributed by atoms with Crippen LogP contribution in [0.2, 0.25) is 0 Å². The Morgan fingerprint density at radius 2 is 1.97 bits per heavy atom. The van der Waals surface area contributed by atoms with Crippen molar-refractivity contribution in [1.29, 1.82) is 0 Å². The Morgan fingerprint density at radius 3 is 2.75 bits per heavy atom. The number of benzene rings is 2. The summed E-state index contributed by atoms with van der Waals surface area (Å²) in [7, 11) is 0. The Bertz CT molecular complexity index is 1300. The summed E-state index contributed by atoms with van der Waals surface area (Å²) in [5.74, 6) is 2.48. The van der Waals surface area contributed by atoms with Gasteiger partial charge in [0, 0.05) is 23.9 Å². The zero-order chi connectivity index (χ0) is 21.9. The van der Waals surface area contributed by atoms with Gasteiger partial charge < -0.3 is 15.6 Å². The molecule has 6 heteroatoms. The summed E-state index contributed by atoms with van der Waals surface area (Å²) in [5.41, 5.74) is 10.7. The molecule has 1 aliphatic heterocycles. The predicted octanol–water partition coefficient (Wildman–Crippen LogP) is 4.67. The number of imidazole rings is 1. The molecule has 2 aliphatic rings. The quantitative estimate of drug-likeness (QED) is 0.497. The third-order valence-electron chi connectivity index (χ3n) is 6.80. The van der Waals surface area contributed by atoms with E-state index in [1.807, 2.05) is 23.6 Å². The molecule has 32 heavy (non-hydrogen) atoms. The molecule has 1 saturated carbocycles. The molecule has 0 saturated heterocycles. The van der Waals surface area contributed by atoms with Crippen LogP contribution in [0.15, 0.2) is 60.9 Å². The van der Waals surface area contributed by atoms with E-state index in [-0.39, 0.29) is 12.0 Å². The van der Waals surface area contributed by atoms with E-state index >= 15 is 0 Å². The molecule has 2 aromatic heterocycles. The number of nitrogen functional groups attached to an aromatic ring is 1. The molecule has 1 unspecified atom stereocenters. The standard InChI is InChI=1S/C26H26N4O2/c1-26(31)14-19(15-26)25-29-22(23-24(27)28-11-12-30(23)25)18-8-7-17-9-10-20(32-21(17)13-18)16-5-3-2-4-6-16/h2-8,11-13,19-20,31H,9-10,14-15H2,1H3,(H2,27,28). The van der Waals surface area contributed by atoms with E-state index in [1.165, 1.54) is 11.1 Å². The second kappa shape index (κ2) is 7.07. The van der Waals surface area contributed by atoms with Gasteiger partial charge in [0.2, 0.25) is 0 Å². The monoisotopic (exact) mass is 426 g/mol. The van der Waals surface area contributed by atoms with Crippen LogP contribution in [-0.4, -0.2) is 25.1 Å². The maximum absolute atomic E-state index is 10.3. The first kappa shape index (κ1) is 19.3. The Labute approximate surface area is 186 Å². The summed E-state index contributed by atoms with van der Waals surface area (Å²) < 4.78 is 8.45. The number of hydrogen-bond donors (Lipinski definition) is 2. The summed E-state index contributed by atoms with van der Waals surface area (Å²) in [6.07, 6.45) is 6.99. The molecule has 1 atom stereocenters. The lowest BCUT2D eigenvalue weighted by molar-refractivity contribution is -0.0335. The Hall–Kier alpha value is -3.38. The predicted molar refractivity (Wildman–Crippen MR) is 124 cm³/mol. The molecule has 0 bridgehead atoms. The maximum Gasteiger partial charge on any atom is 0.150 e. The van der Waals surface area contributed by atoms with Crippen molar-refractivity contribution in [1.82, 2.24) is 14.4 Å². The van der Waals surface area contributed by atoms with E-state index in [9.17, 15) is 5.11 Å². The number of hydrogen-bond acceptors (Lipinski definition) is 5. The average Bonchev–Trinajstić information content (AvgIpc) is 3.18. The van der Waals surface area contributed by atoms with E-state index < -0.39 is 5.60 Å². The second-order valence-electron chi connectivity index (χ2n) is 9.33. The van der Waals surface area contributed by atoms with Gasteiger partial charge in [0.25, 0.3) is 0 Å². The Kier molecular flexibility index (Phi) is 4.27. The van der Waals surface area contributed by atoms with Crippen molar-refractivity contribution < 1.29 is 9.84 Å². The largest absolute Gasteiger partial charge is 0.485 e. The van der Waals surface area contributed by atoms with Gasteiger partial charge in [0.05, 0.1) is 5.60 Å². The van der Waals surface area contributed by atoms with Crippen LogP contribution >= 0.6 is 0 Å². The van der Waals surface area contributed by atoms with Crippen molar-refractivity contribution in [2.24, 2.45) is 0 Å². The van der Waals surface area contributed by atoms with E-state index in [1.54, 1.807) is 6.20 Å². The highest BCUT2D eigenvalue weighted by Gasteiger charge is 2.41. The van der Waals surface area contributed by atoms with Gasteiger partial charge in [-0.25, -0.2) is 9.97 Å². The minimum Gasteiger partial charge on any atom is -0.485 e. The zero-order valence-electron chi connectivity index (χ0n) is 18.0.